The van der Waals surface area contributed by atoms with E-state index in [2.05, 4.69) is 15.2 Å². The quantitative estimate of drug-likeness (QED) is 0.649. The highest BCUT2D eigenvalue weighted by atomic mass is 19.3. The van der Waals surface area contributed by atoms with E-state index < -0.39 is 6.61 Å². The molecule has 1 amide bonds. The maximum atomic E-state index is 12.2. The van der Waals surface area contributed by atoms with Gasteiger partial charge in [-0.1, -0.05) is 17.3 Å². The summed E-state index contributed by atoms with van der Waals surface area (Å²) in [6, 6.07) is 6.14. The van der Waals surface area contributed by atoms with Gasteiger partial charge in [-0.2, -0.15) is 8.78 Å². The smallest absolute Gasteiger partial charge is 0.387 e. The zero-order valence-electron chi connectivity index (χ0n) is 12.1. The van der Waals surface area contributed by atoms with Gasteiger partial charge in [-0.3, -0.25) is 4.79 Å². The number of hydrogen-bond donors (Lipinski definition) is 1. The van der Waals surface area contributed by atoms with Gasteiger partial charge >= 0.3 is 6.61 Å². The average molecular weight is 300 g/mol. The molecule has 0 radical (unpaired) electrons. The second-order valence-electron chi connectivity index (χ2n) is 5.22. The number of oxime groups is 1. The van der Waals surface area contributed by atoms with Crippen LogP contribution in [0.15, 0.2) is 29.4 Å². The van der Waals surface area contributed by atoms with Crippen molar-refractivity contribution in [2.75, 3.05) is 6.61 Å². The van der Waals surface area contributed by atoms with Crippen LogP contribution in [0, 0.1) is 0 Å². The predicted octanol–water partition coefficient (Wildman–Crippen LogP) is 2.55. The Kier molecular flexibility index (Phi) is 6.08. The van der Waals surface area contributed by atoms with Gasteiger partial charge in [0.1, 0.15) is 5.75 Å². The zero-order valence-corrected chi connectivity index (χ0v) is 12.1. The molecule has 0 saturated carbocycles. The first kappa shape index (κ1) is 16.9. The van der Waals surface area contributed by atoms with Crippen molar-refractivity contribution < 1.29 is 23.1 Å². The van der Waals surface area contributed by atoms with Crippen molar-refractivity contribution in [3.63, 3.8) is 0 Å². The van der Waals surface area contributed by atoms with E-state index in [0.29, 0.717) is 5.56 Å². The van der Waals surface area contributed by atoms with Crippen molar-refractivity contribution in [2.45, 2.75) is 32.9 Å². The molecule has 0 aromatic heterocycles. The minimum atomic E-state index is -2.92. The summed E-state index contributed by atoms with van der Waals surface area (Å²) in [6.07, 6.45) is 1.21. The summed E-state index contributed by atoms with van der Waals surface area (Å²) in [7, 11) is 0. The molecule has 1 N–H and O–H groups in total. The minimum Gasteiger partial charge on any atom is -0.434 e. The number of carbonyl (C=O) groups is 1. The van der Waals surface area contributed by atoms with Crippen molar-refractivity contribution in [2.24, 2.45) is 5.16 Å². The molecule has 0 fully saturated rings. The Morgan fingerprint density at radius 2 is 2.05 bits per heavy atom. The largest absolute Gasteiger partial charge is 0.434 e. The maximum absolute atomic E-state index is 12.2. The lowest BCUT2D eigenvalue weighted by Crippen LogP contribution is -2.42. The van der Waals surface area contributed by atoms with Crippen molar-refractivity contribution in [1.82, 2.24) is 5.32 Å². The minimum absolute atomic E-state index is 0.0148. The van der Waals surface area contributed by atoms with E-state index in [0.717, 1.165) is 0 Å². The first-order valence-electron chi connectivity index (χ1n) is 6.28. The number of alkyl halides is 2. The monoisotopic (exact) mass is 300 g/mol. The second-order valence-corrected chi connectivity index (χ2v) is 5.22. The summed E-state index contributed by atoms with van der Waals surface area (Å²) in [4.78, 5) is 16.3. The van der Waals surface area contributed by atoms with E-state index >= 15 is 0 Å². The van der Waals surface area contributed by atoms with Crippen molar-refractivity contribution in [3.05, 3.63) is 29.8 Å². The molecular formula is C14H18F2N2O3. The van der Waals surface area contributed by atoms with Gasteiger partial charge in [-0.15, -0.1) is 0 Å². The Bertz CT molecular complexity index is 499. The van der Waals surface area contributed by atoms with Crippen LogP contribution in [0.25, 0.3) is 0 Å². The number of amides is 1. The summed E-state index contributed by atoms with van der Waals surface area (Å²) in [6.45, 7) is 2.34. The fourth-order valence-electron chi connectivity index (χ4n) is 1.43. The van der Waals surface area contributed by atoms with Crippen LogP contribution < -0.4 is 10.1 Å². The van der Waals surface area contributed by atoms with Crippen LogP contribution in [0.3, 0.4) is 0 Å². The Labute approximate surface area is 121 Å². The van der Waals surface area contributed by atoms with E-state index in [-0.39, 0.29) is 23.8 Å². The van der Waals surface area contributed by atoms with Gasteiger partial charge < -0.3 is 14.9 Å². The lowest BCUT2D eigenvalue weighted by molar-refractivity contribution is -0.127. The van der Waals surface area contributed by atoms with Gasteiger partial charge in [-0.25, -0.2) is 0 Å². The highest BCUT2D eigenvalue weighted by Crippen LogP contribution is 2.18. The molecule has 0 aliphatic rings. The van der Waals surface area contributed by atoms with Gasteiger partial charge in [0.15, 0.2) is 6.61 Å². The van der Waals surface area contributed by atoms with E-state index in [1.807, 2.05) is 20.8 Å². The lowest BCUT2D eigenvalue weighted by Gasteiger charge is -2.19. The van der Waals surface area contributed by atoms with Gasteiger partial charge in [0.05, 0.1) is 6.21 Å². The molecule has 0 unspecified atom stereocenters. The van der Waals surface area contributed by atoms with Crippen LogP contribution >= 0.6 is 0 Å². The maximum Gasteiger partial charge on any atom is 0.387 e. The molecule has 5 nitrogen and oxygen atoms in total. The van der Waals surface area contributed by atoms with E-state index in [9.17, 15) is 13.6 Å². The number of hydrogen-bond acceptors (Lipinski definition) is 4. The van der Waals surface area contributed by atoms with Crippen LogP contribution in [0.1, 0.15) is 26.3 Å². The Hall–Kier alpha value is -2.18. The normalized spacial score (nSPS) is 11.7. The fourth-order valence-corrected chi connectivity index (χ4v) is 1.43. The summed E-state index contributed by atoms with van der Waals surface area (Å²) in [5.41, 5.74) is -0.0315. The number of rotatable bonds is 6. The van der Waals surface area contributed by atoms with Crippen molar-refractivity contribution >= 4 is 12.1 Å². The highest BCUT2D eigenvalue weighted by molar-refractivity contribution is 5.83. The van der Waals surface area contributed by atoms with Gasteiger partial charge in [0.25, 0.3) is 5.91 Å². The van der Waals surface area contributed by atoms with Crippen molar-refractivity contribution in [1.29, 1.82) is 0 Å². The summed E-state index contributed by atoms with van der Waals surface area (Å²) < 4.78 is 28.7. The predicted molar refractivity (Wildman–Crippen MR) is 74.5 cm³/mol. The first-order valence-corrected chi connectivity index (χ1v) is 6.28. The topological polar surface area (TPSA) is 59.9 Å². The van der Waals surface area contributed by atoms with Crippen molar-refractivity contribution in [3.8, 4) is 5.75 Å². The van der Waals surface area contributed by atoms with E-state index in [1.165, 1.54) is 12.3 Å². The molecule has 0 saturated heterocycles. The Morgan fingerprint density at radius 3 is 2.67 bits per heavy atom. The molecule has 0 bridgehead atoms. The molecule has 0 heterocycles. The van der Waals surface area contributed by atoms with E-state index in [4.69, 9.17) is 4.84 Å². The molecule has 0 spiro atoms. The molecule has 7 heteroatoms. The molecule has 0 aliphatic heterocycles. The molecule has 0 atom stereocenters. The third-order valence-electron chi connectivity index (χ3n) is 2.11. The molecule has 1 aromatic rings. The second kappa shape index (κ2) is 7.56. The molecule has 1 rings (SSSR count). The zero-order chi connectivity index (χ0) is 15.9. The van der Waals surface area contributed by atoms with Crippen LogP contribution in [0.2, 0.25) is 0 Å². The number of carbonyl (C=O) groups excluding carboxylic acids is 1. The number of ether oxygens (including phenoxy) is 1. The van der Waals surface area contributed by atoms with Crippen LogP contribution in [-0.4, -0.2) is 30.9 Å². The molecule has 1 aromatic carbocycles. The standard InChI is InChI=1S/C14H18F2N2O3/c1-14(2,3)18-12(19)9-20-17-8-10-6-4-5-7-11(10)21-13(15)16/h4-8,13H,9H2,1-3H3,(H,18,19)/b17-8+. The molecular weight excluding hydrogens is 282 g/mol. The molecule has 0 aliphatic carbocycles. The van der Waals surface area contributed by atoms with Crippen LogP contribution in [0.4, 0.5) is 8.78 Å². The number of para-hydroxylation sites is 1. The number of halogens is 2. The molecule has 116 valence electrons. The molecule has 21 heavy (non-hydrogen) atoms. The third-order valence-corrected chi connectivity index (χ3v) is 2.11. The third kappa shape index (κ3) is 7.24. The highest BCUT2D eigenvalue weighted by Gasteiger charge is 2.13. The average Bonchev–Trinajstić information content (AvgIpc) is 2.33. The van der Waals surface area contributed by atoms with Crippen LogP contribution in [0.5, 0.6) is 5.75 Å². The SMILES string of the molecule is CC(C)(C)NC(=O)CO/N=C/c1ccccc1OC(F)F. The van der Waals surface area contributed by atoms with Crippen LogP contribution in [-0.2, 0) is 9.63 Å². The summed E-state index contributed by atoms with van der Waals surface area (Å²) >= 11 is 0. The Morgan fingerprint density at radius 1 is 1.38 bits per heavy atom. The fraction of sp³-hybridized carbons (Fsp3) is 0.429. The number of nitrogens with zero attached hydrogens (tertiary/aromatic N) is 1. The lowest BCUT2D eigenvalue weighted by atomic mass is 10.1. The summed E-state index contributed by atoms with van der Waals surface area (Å²) in [5, 5.41) is 6.26. The van der Waals surface area contributed by atoms with Gasteiger partial charge in [-0.05, 0) is 32.9 Å². The van der Waals surface area contributed by atoms with Gasteiger partial charge in [0, 0.05) is 11.1 Å². The Balaban J connectivity index is 2.52. The number of nitrogens with one attached hydrogen (secondary N) is 1. The summed E-state index contributed by atoms with van der Waals surface area (Å²) in [5.74, 6) is -0.337. The van der Waals surface area contributed by atoms with Gasteiger partial charge in [0.2, 0.25) is 0 Å². The van der Waals surface area contributed by atoms with E-state index in [1.54, 1.807) is 18.2 Å². The number of benzene rings is 1. The first-order chi connectivity index (χ1) is 9.78.